The highest BCUT2D eigenvalue weighted by Crippen LogP contribution is 2.58. The van der Waals surface area contributed by atoms with Crippen molar-refractivity contribution >= 4 is 0 Å². The van der Waals surface area contributed by atoms with E-state index in [0.29, 0.717) is 6.61 Å². The van der Waals surface area contributed by atoms with Crippen LogP contribution >= 0.6 is 0 Å². The number of aliphatic hydroxyl groups excluding tert-OH is 1. The van der Waals surface area contributed by atoms with Crippen LogP contribution in [0, 0.1) is 29.1 Å². The Labute approximate surface area is 116 Å². The van der Waals surface area contributed by atoms with E-state index in [4.69, 9.17) is 0 Å². The Kier molecular flexibility index (Phi) is 2.88. The van der Waals surface area contributed by atoms with Crippen molar-refractivity contribution < 1.29 is 5.11 Å². The molecule has 4 aliphatic rings. The summed E-state index contributed by atoms with van der Waals surface area (Å²) in [6.07, 6.45) is 18.1. The van der Waals surface area contributed by atoms with Gasteiger partial charge in [-0.05, 0) is 55.8 Å². The minimum atomic E-state index is 0.0443. The predicted molar refractivity (Wildman–Crippen MR) is 77.6 cm³/mol. The van der Waals surface area contributed by atoms with Gasteiger partial charge in [0, 0.05) is 5.41 Å². The topological polar surface area (TPSA) is 20.2 Å². The summed E-state index contributed by atoms with van der Waals surface area (Å²) in [6.45, 7) is 0.326. The molecule has 4 rings (SSSR count). The second-order valence-electron chi connectivity index (χ2n) is 7.39. The van der Waals surface area contributed by atoms with Crippen molar-refractivity contribution in [3.8, 4) is 0 Å². The molecule has 0 aromatic rings. The van der Waals surface area contributed by atoms with Crippen LogP contribution in [0.2, 0.25) is 0 Å². The molecule has 0 amide bonds. The minimum Gasteiger partial charge on any atom is -0.395 e. The number of hydrogen-bond acceptors (Lipinski definition) is 1. The number of fused-ring (bicyclic) bond motifs is 5. The van der Waals surface area contributed by atoms with E-state index in [9.17, 15) is 5.11 Å². The van der Waals surface area contributed by atoms with Crippen molar-refractivity contribution in [2.45, 2.75) is 51.4 Å². The van der Waals surface area contributed by atoms with Crippen molar-refractivity contribution in [2.24, 2.45) is 29.1 Å². The second-order valence-corrected chi connectivity index (χ2v) is 7.39. The largest absolute Gasteiger partial charge is 0.395 e. The molecule has 0 aromatic carbocycles. The van der Waals surface area contributed by atoms with Gasteiger partial charge in [-0.3, -0.25) is 0 Å². The summed E-state index contributed by atoms with van der Waals surface area (Å²) < 4.78 is 0. The van der Waals surface area contributed by atoms with Crippen LogP contribution in [-0.2, 0) is 0 Å². The van der Waals surface area contributed by atoms with E-state index < -0.39 is 0 Å². The van der Waals surface area contributed by atoms with Crippen LogP contribution in [0.15, 0.2) is 23.8 Å². The molecule has 0 aromatic heterocycles. The highest BCUT2D eigenvalue weighted by Gasteiger charge is 2.50. The third-order valence-corrected chi connectivity index (χ3v) is 6.75. The molecule has 0 spiro atoms. The first kappa shape index (κ1) is 12.2. The summed E-state index contributed by atoms with van der Waals surface area (Å²) in [6, 6.07) is 0. The first-order valence-corrected chi connectivity index (χ1v) is 8.35. The van der Waals surface area contributed by atoms with Crippen LogP contribution in [0.25, 0.3) is 0 Å². The first-order valence-electron chi connectivity index (χ1n) is 8.35. The molecule has 104 valence electrons. The van der Waals surface area contributed by atoms with Crippen molar-refractivity contribution in [1.82, 2.24) is 0 Å². The molecular weight excluding hydrogens is 232 g/mol. The van der Waals surface area contributed by atoms with Crippen LogP contribution in [0.3, 0.4) is 0 Å². The fourth-order valence-corrected chi connectivity index (χ4v) is 5.83. The number of rotatable bonds is 1. The van der Waals surface area contributed by atoms with Crippen LogP contribution in [0.4, 0.5) is 0 Å². The van der Waals surface area contributed by atoms with E-state index >= 15 is 0 Å². The maximum atomic E-state index is 9.88. The summed E-state index contributed by atoms with van der Waals surface area (Å²) in [4.78, 5) is 0. The van der Waals surface area contributed by atoms with Gasteiger partial charge >= 0.3 is 0 Å². The zero-order valence-electron chi connectivity index (χ0n) is 11.9. The van der Waals surface area contributed by atoms with Gasteiger partial charge in [0.15, 0.2) is 0 Å². The number of allylic oxidation sites excluding steroid dienone is 2. The summed E-state index contributed by atoms with van der Waals surface area (Å²) in [5.74, 6) is 3.76. The molecule has 1 unspecified atom stereocenters. The molecule has 1 N–H and O–H groups in total. The lowest BCUT2D eigenvalue weighted by Gasteiger charge is -2.52. The lowest BCUT2D eigenvalue weighted by Crippen LogP contribution is -2.44. The van der Waals surface area contributed by atoms with Crippen molar-refractivity contribution in [3.05, 3.63) is 23.8 Å². The highest BCUT2D eigenvalue weighted by atomic mass is 16.3. The van der Waals surface area contributed by atoms with Gasteiger partial charge in [0.1, 0.15) is 0 Å². The van der Waals surface area contributed by atoms with Gasteiger partial charge in [0.05, 0.1) is 6.61 Å². The molecule has 0 aliphatic heterocycles. The SMILES string of the molecule is OC[C@@]12C=CC=C1[C@@H]1CCC3CCCC[C@@H]3[C@H]1CC2. The van der Waals surface area contributed by atoms with Gasteiger partial charge in [-0.15, -0.1) is 0 Å². The molecular formula is C18H26O. The fourth-order valence-electron chi connectivity index (χ4n) is 5.83. The Morgan fingerprint density at radius 3 is 2.84 bits per heavy atom. The summed E-state index contributed by atoms with van der Waals surface area (Å²) in [5, 5.41) is 9.88. The molecule has 1 nitrogen and oxygen atoms in total. The van der Waals surface area contributed by atoms with Gasteiger partial charge < -0.3 is 5.11 Å². The smallest absolute Gasteiger partial charge is 0.0559 e. The third kappa shape index (κ3) is 1.70. The van der Waals surface area contributed by atoms with Crippen molar-refractivity contribution in [3.63, 3.8) is 0 Å². The second kappa shape index (κ2) is 4.48. The van der Waals surface area contributed by atoms with Gasteiger partial charge in [-0.25, -0.2) is 0 Å². The van der Waals surface area contributed by atoms with E-state index in [1.807, 2.05) is 0 Å². The Bertz CT molecular complexity index is 421. The monoisotopic (exact) mass is 258 g/mol. The fraction of sp³-hybridized carbons (Fsp3) is 0.778. The highest BCUT2D eigenvalue weighted by molar-refractivity contribution is 5.38. The Balaban J connectivity index is 1.63. The molecule has 0 bridgehead atoms. The van der Waals surface area contributed by atoms with Crippen LogP contribution < -0.4 is 0 Å². The van der Waals surface area contributed by atoms with Crippen LogP contribution in [0.1, 0.15) is 51.4 Å². The van der Waals surface area contributed by atoms with Gasteiger partial charge in [0.2, 0.25) is 0 Å². The number of aliphatic hydroxyl groups is 1. The molecule has 0 saturated heterocycles. The van der Waals surface area contributed by atoms with Crippen molar-refractivity contribution in [2.75, 3.05) is 6.61 Å². The van der Waals surface area contributed by atoms with Gasteiger partial charge in [-0.1, -0.05) is 43.1 Å². The van der Waals surface area contributed by atoms with Crippen molar-refractivity contribution in [1.29, 1.82) is 0 Å². The molecule has 3 fully saturated rings. The normalized spacial score (nSPS) is 48.2. The first-order chi connectivity index (χ1) is 9.34. The Hall–Kier alpha value is -0.560. The zero-order chi connectivity index (χ0) is 12.9. The third-order valence-electron chi connectivity index (χ3n) is 6.75. The lowest BCUT2D eigenvalue weighted by atomic mass is 9.52. The molecule has 5 atom stereocenters. The van der Waals surface area contributed by atoms with Crippen LogP contribution in [0.5, 0.6) is 0 Å². The maximum absolute atomic E-state index is 9.88. The molecule has 4 aliphatic carbocycles. The zero-order valence-corrected chi connectivity index (χ0v) is 11.9. The lowest BCUT2D eigenvalue weighted by molar-refractivity contribution is 0.0204. The molecule has 0 heterocycles. The summed E-state index contributed by atoms with van der Waals surface area (Å²) in [7, 11) is 0. The van der Waals surface area contributed by atoms with E-state index in [2.05, 4.69) is 18.2 Å². The number of hydrogen-bond donors (Lipinski definition) is 1. The molecule has 1 heteroatoms. The molecule has 0 radical (unpaired) electrons. The van der Waals surface area contributed by atoms with E-state index in [1.54, 1.807) is 5.57 Å². The average molecular weight is 258 g/mol. The summed E-state index contributed by atoms with van der Waals surface area (Å²) >= 11 is 0. The van der Waals surface area contributed by atoms with E-state index in [-0.39, 0.29) is 5.41 Å². The average Bonchev–Trinajstić information content (AvgIpc) is 2.91. The van der Waals surface area contributed by atoms with E-state index in [0.717, 1.165) is 23.7 Å². The quantitative estimate of drug-likeness (QED) is 0.751. The minimum absolute atomic E-state index is 0.0443. The summed E-state index contributed by atoms with van der Waals surface area (Å²) in [5.41, 5.74) is 1.64. The Morgan fingerprint density at radius 1 is 1.05 bits per heavy atom. The molecule has 19 heavy (non-hydrogen) atoms. The van der Waals surface area contributed by atoms with Gasteiger partial charge in [0.25, 0.3) is 0 Å². The maximum Gasteiger partial charge on any atom is 0.0559 e. The Morgan fingerprint density at radius 2 is 1.95 bits per heavy atom. The van der Waals surface area contributed by atoms with Gasteiger partial charge in [-0.2, -0.15) is 0 Å². The molecule has 3 saturated carbocycles. The van der Waals surface area contributed by atoms with Crippen LogP contribution in [-0.4, -0.2) is 11.7 Å². The standard InChI is InChI=1S/C18H26O/c19-12-18-10-3-6-17(18)16-8-7-13-4-1-2-5-14(13)15(16)9-11-18/h3,6,10,13-16,19H,1-2,4-5,7-9,11-12H2/t13?,14-,15+,16+,18-/m0/s1. The van der Waals surface area contributed by atoms with E-state index in [1.165, 1.54) is 51.4 Å². The predicted octanol–water partition coefficient (Wildman–Crippen LogP) is 4.09.